The quantitative estimate of drug-likeness (QED) is 0.619. The molecular formula is C19H26N4O2S. The maximum atomic E-state index is 12.3. The minimum absolute atomic E-state index is 0.0692. The van der Waals surface area contributed by atoms with Crippen LogP contribution in [0.5, 0.6) is 5.75 Å². The number of hydrogen-bond acceptors (Lipinski definition) is 5. The van der Waals surface area contributed by atoms with Crippen molar-refractivity contribution < 1.29 is 9.53 Å². The molecule has 1 saturated carbocycles. The van der Waals surface area contributed by atoms with Gasteiger partial charge in [-0.25, -0.2) is 0 Å². The van der Waals surface area contributed by atoms with Crippen molar-refractivity contribution in [1.82, 2.24) is 20.1 Å². The second-order valence-corrected chi connectivity index (χ2v) is 7.55. The third kappa shape index (κ3) is 4.78. The van der Waals surface area contributed by atoms with Gasteiger partial charge in [-0.1, -0.05) is 43.5 Å². The Labute approximate surface area is 158 Å². The zero-order chi connectivity index (χ0) is 18.4. The number of nitrogens with one attached hydrogen (secondary N) is 1. The number of aryl methyl sites for hydroxylation is 1. The average Bonchev–Trinajstić information content (AvgIpc) is 2.84. The molecule has 2 aromatic rings. The predicted octanol–water partition coefficient (Wildman–Crippen LogP) is 3.52. The maximum Gasteiger partial charge on any atom is 0.230 e. The van der Waals surface area contributed by atoms with E-state index in [1.807, 2.05) is 35.8 Å². The van der Waals surface area contributed by atoms with Crippen molar-refractivity contribution in [3.05, 3.63) is 30.1 Å². The molecule has 1 aliphatic rings. The summed E-state index contributed by atoms with van der Waals surface area (Å²) in [5.41, 5.74) is 0.929. The van der Waals surface area contributed by atoms with Gasteiger partial charge in [0, 0.05) is 12.1 Å². The summed E-state index contributed by atoms with van der Waals surface area (Å²) in [6.07, 6.45) is 7.17. The number of aromatic nitrogens is 3. The van der Waals surface area contributed by atoms with Gasteiger partial charge in [0.05, 0.1) is 18.6 Å². The minimum Gasteiger partial charge on any atom is -0.497 e. The van der Waals surface area contributed by atoms with Gasteiger partial charge in [-0.2, -0.15) is 0 Å². The molecule has 0 spiro atoms. The van der Waals surface area contributed by atoms with Crippen LogP contribution in [0.25, 0.3) is 5.69 Å². The fourth-order valence-electron chi connectivity index (χ4n) is 3.31. The minimum atomic E-state index is 0.0692. The Bertz CT molecular complexity index is 739. The lowest BCUT2D eigenvalue weighted by Crippen LogP contribution is -2.35. The van der Waals surface area contributed by atoms with E-state index in [2.05, 4.69) is 15.5 Å². The smallest absolute Gasteiger partial charge is 0.230 e. The third-order valence-electron chi connectivity index (χ3n) is 4.66. The van der Waals surface area contributed by atoms with Crippen molar-refractivity contribution in [3.63, 3.8) is 0 Å². The zero-order valence-corrected chi connectivity index (χ0v) is 16.2. The Hall–Kier alpha value is -2.02. The maximum absolute atomic E-state index is 12.3. The molecule has 140 valence electrons. The molecule has 1 N–H and O–H groups in total. The molecule has 0 atom stereocenters. The topological polar surface area (TPSA) is 69.0 Å². The highest BCUT2D eigenvalue weighted by Crippen LogP contribution is 2.24. The highest BCUT2D eigenvalue weighted by atomic mass is 32.2. The standard InChI is InChI=1S/C19H26N4O2S/c1-14-21-22-19(23(14)16-10-7-11-17(12-16)25-2)26-13-18(24)20-15-8-5-3-4-6-9-15/h7,10-12,15H,3-6,8-9,13H2,1-2H3,(H,20,24). The summed E-state index contributed by atoms with van der Waals surface area (Å²) in [5, 5.41) is 12.3. The van der Waals surface area contributed by atoms with Gasteiger partial charge in [0.1, 0.15) is 11.6 Å². The molecule has 0 aliphatic heterocycles. The van der Waals surface area contributed by atoms with E-state index in [0.717, 1.165) is 30.1 Å². The Morgan fingerprint density at radius 2 is 2.04 bits per heavy atom. The van der Waals surface area contributed by atoms with Crippen LogP contribution in [0.2, 0.25) is 0 Å². The molecule has 26 heavy (non-hydrogen) atoms. The fraction of sp³-hybridized carbons (Fsp3) is 0.526. The molecule has 6 nitrogen and oxygen atoms in total. The highest BCUT2D eigenvalue weighted by Gasteiger charge is 2.17. The van der Waals surface area contributed by atoms with Gasteiger partial charge < -0.3 is 10.1 Å². The van der Waals surface area contributed by atoms with E-state index in [1.54, 1.807) is 7.11 Å². The number of amides is 1. The Morgan fingerprint density at radius 1 is 1.27 bits per heavy atom. The molecule has 0 unspecified atom stereocenters. The van der Waals surface area contributed by atoms with Crippen LogP contribution >= 0.6 is 11.8 Å². The van der Waals surface area contributed by atoms with Crippen molar-refractivity contribution in [1.29, 1.82) is 0 Å². The molecule has 1 aromatic heterocycles. The fourth-order valence-corrected chi connectivity index (χ4v) is 4.12. The summed E-state index contributed by atoms with van der Waals surface area (Å²) in [7, 11) is 1.64. The van der Waals surface area contributed by atoms with E-state index < -0.39 is 0 Å². The van der Waals surface area contributed by atoms with Crippen LogP contribution in [-0.4, -0.2) is 39.6 Å². The second kappa shape index (κ2) is 9.07. The molecular weight excluding hydrogens is 348 g/mol. The molecule has 1 amide bonds. The Kier molecular flexibility index (Phi) is 6.55. The number of methoxy groups -OCH3 is 1. The molecule has 0 saturated heterocycles. The molecule has 1 aromatic carbocycles. The van der Waals surface area contributed by atoms with Gasteiger partial charge >= 0.3 is 0 Å². The van der Waals surface area contributed by atoms with Gasteiger partial charge in [-0.3, -0.25) is 9.36 Å². The van der Waals surface area contributed by atoms with Gasteiger partial charge in [-0.15, -0.1) is 10.2 Å². The van der Waals surface area contributed by atoms with Crippen LogP contribution in [0, 0.1) is 6.92 Å². The van der Waals surface area contributed by atoms with E-state index in [-0.39, 0.29) is 5.91 Å². The zero-order valence-electron chi connectivity index (χ0n) is 15.4. The number of rotatable bonds is 6. The van der Waals surface area contributed by atoms with Crippen molar-refractivity contribution in [3.8, 4) is 11.4 Å². The van der Waals surface area contributed by atoms with E-state index in [4.69, 9.17) is 4.74 Å². The number of ether oxygens (including phenoxy) is 1. The van der Waals surface area contributed by atoms with Crippen LogP contribution in [0.4, 0.5) is 0 Å². The van der Waals surface area contributed by atoms with Gasteiger partial charge in [0.25, 0.3) is 0 Å². The molecule has 1 fully saturated rings. The Morgan fingerprint density at radius 3 is 2.77 bits per heavy atom. The summed E-state index contributed by atoms with van der Waals surface area (Å²) in [6.45, 7) is 1.90. The predicted molar refractivity (Wildman–Crippen MR) is 103 cm³/mol. The van der Waals surface area contributed by atoms with Crippen LogP contribution in [0.1, 0.15) is 44.3 Å². The van der Waals surface area contributed by atoms with Crippen LogP contribution in [0.15, 0.2) is 29.4 Å². The number of carbonyl (C=O) groups excluding carboxylic acids is 1. The number of hydrogen-bond donors (Lipinski definition) is 1. The average molecular weight is 375 g/mol. The van der Waals surface area contributed by atoms with Crippen LogP contribution < -0.4 is 10.1 Å². The summed E-state index contributed by atoms with van der Waals surface area (Å²) >= 11 is 1.41. The van der Waals surface area contributed by atoms with Gasteiger partial charge in [0.15, 0.2) is 5.16 Å². The summed E-state index contributed by atoms with van der Waals surface area (Å²) in [4.78, 5) is 12.3. The van der Waals surface area contributed by atoms with E-state index >= 15 is 0 Å². The van der Waals surface area contributed by atoms with E-state index in [0.29, 0.717) is 17.0 Å². The molecule has 7 heteroatoms. The largest absolute Gasteiger partial charge is 0.497 e. The number of thioether (sulfide) groups is 1. The molecule has 3 rings (SSSR count). The number of benzene rings is 1. The van der Waals surface area contributed by atoms with Gasteiger partial charge in [0.2, 0.25) is 5.91 Å². The monoisotopic (exact) mass is 374 g/mol. The summed E-state index contributed by atoms with van der Waals surface area (Å²) in [5.74, 6) is 1.97. The third-order valence-corrected chi connectivity index (χ3v) is 5.59. The van der Waals surface area contributed by atoms with Crippen molar-refractivity contribution >= 4 is 17.7 Å². The van der Waals surface area contributed by atoms with Crippen LogP contribution in [-0.2, 0) is 4.79 Å². The normalized spacial score (nSPS) is 15.5. The van der Waals surface area contributed by atoms with E-state index in [1.165, 1.54) is 37.4 Å². The first-order valence-electron chi connectivity index (χ1n) is 9.16. The lowest BCUT2D eigenvalue weighted by Gasteiger charge is -2.16. The molecule has 1 aliphatic carbocycles. The van der Waals surface area contributed by atoms with Crippen LogP contribution in [0.3, 0.4) is 0 Å². The number of carbonyl (C=O) groups is 1. The Balaban J connectivity index is 1.64. The summed E-state index contributed by atoms with van der Waals surface area (Å²) < 4.78 is 7.25. The molecule has 0 bridgehead atoms. The number of nitrogens with zero attached hydrogens (tertiary/aromatic N) is 3. The second-order valence-electron chi connectivity index (χ2n) is 6.61. The first kappa shape index (κ1) is 18.8. The lowest BCUT2D eigenvalue weighted by atomic mass is 10.1. The lowest BCUT2D eigenvalue weighted by molar-refractivity contribution is -0.119. The highest BCUT2D eigenvalue weighted by molar-refractivity contribution is 7.99. The first-order valence-corrected chi connectivity index (χ1v) is 10.1. The molecule has 1 heterocycles. The van der Waals surface area contributed by atoms with Crippen molar-refractivity contribution in [2.75, 3.05) is 12.9 Å². The van der Waals surface area contributed by atoms with Crippen molar-refractivity contribution in [2.24, 2.45) is 0 Å². The summed E-state index contributed by atoms with van der Waals surface area (Å²) in [6, 6.07) is 8.07. The SMILES string of the molecule is COc1cccc(-n2c(C)nnc2SCC(=O)NC2CCCCCC2)c1. The van der Waals surface area contributed by atoms with Crippen molar-refractivity contribution in [2.45, 2.75) is 56.6 Å². The van der Waals surface area contributed by atoms with E-state index in [9.17, 15) is 4.79 Å². The molecule has 0 radical (unpaired) electrons. The van der Waals surface area contributed by atoms with Gasteiger partial charge in [-0.05, 0) is 31.9 Å². The first-order chi connectivity index (χ1) is 12.7.